The summed E-state index contributed by atoms with van der Waals surface area (Å²) in [5, 5.41) is 2.63. The molecule has 3 nitrogen and oxygen atoms in total. The lowest BCUT2D eigenvalue weighted by Crippen LogP contribution is -3.00. The van der Waals surface area contributed by atoms with Crippen LogP contribution in [0.4, 0.5) is 0 Å². The molecule has 0 aliphatic carbocycles. The number of aryl methyl sites for hydroxylation is 3. The monoisotopic (exact) mass is 883 g/mol. The molecule has 3 heterocycles. The second-order valence-corrected chi connectivity index (χ2v) is 15.8. The summed E-state index contributed by atoms with van der Waals surface area (Å²) in [5.41, 5.74) is 7.56. The predicted molar refractivity (Wildman–Crippen MR) is 235 cm³/mol. The second kappa shape index (κ2) is 27.6. The van der Waals surface area contributed by atoms with E-state index in [0.29, 0.717) is 0 Å². The fraction of sp³-hybridized carbons (Fsp3) is 0.490. The highest BCUT2D eigenvalue weighted by atomic mass is 79.9. The van der Waals surface area contributed by atoms with Crippen LogP contribution >= 0.6 is 0 Å². The van der Waals surface area contributed by atoms with Crippen molar-refractivity contribution in [1.82, 2.24) is 4.57 Å². The molecule has 0 bridgehead atoms. The summed E-state index contributed by atoms with van der Waals surface area (Å²) in [7, 11) is 2.21. The van der Waals surface area contributed by atoms with E-state index in [1.165, 1.54) is 173 Å². The van der Waals surface area contributed by atoms with Gasteiger partial charge in [0, 0.05) is 78.1 Å². The number of nitrogens with zero attached hydrogens (tertiary/aromatic N) is 3. The standard InChI is InChI=1S/C51H71N3.2BrH/c1-4-6-8-10-12-14-16-18-20-24-38-53-40-26-22-28-46(53)34-30-44-32-36-48-49-37-33-45(43-51(49)52(3)50(48)42-44)31-35-47-29-23-27-41-54(47)39-25-21-19-17-15-13-11-9-7-5-2;;/h22-23,26-37,40-43H,4-21,24-25,38-39H2,1-3H3;2*1H/q+2;;/p-2. The van der Waals surface area contributed by atoms with Crippen molar-refractivity contribution in [2.24, 2.45) is 7.05 Å². The summed E-state index contributed by atoms with van der Waals surface area (Å²) in [6.45, 7) is 6.76. The molecule has 2 aromatic carbocycles. The van der Waals surface area contributed by atoms with Crippen LogP contribution in [0.25, 0.3) is 46.1 Å². The number of benzene rings is 2. The van der Waals surface area contributed by atoms with E-state index >= 15 is 0 Å². The zero-order valence-electron chi connectivity index (χ0n) is 35.0. The lowest BCUT2D eigenvalue weighted by molar-refractivity contribution is -0.699. The summed E-state index contributed by atoms with van der Waals surface area (Å²) in [4.78, 5) is 0. The Bertz CT molecular complexity index is 1750. The van der Waals surface area contributed by atoms with Gasteiger partial charge in [-0.05, 0) is 60.4 Å². The molecule has 0 unspecified atom stereocenters. The van der Waals surface area contributed by atoms with E-state index in [2.05, 4.69) is 144 Å². The topological polar surface area (TPSA) is 12.7 Å². The first-order valence-electron chi connectivity index (χ1n) is 22.0. The van der Waals surface area contributed by atoms with Crippen LogP contribution in [0.15, 0.2) is 85.2 Å². The fourth-order valence-corrected chi connectivity index (χ4v) is 8.04. The van der Waals surface area contributed by atoms with Crippen LogP contribution in [0.5, 0.6) is 0 Å². The van der Waals surface area contributed by atoms with E-state index in [4.69, 9.17) is 0 Å². The molecule has 5 rings (SSSR count). The number of hydrogen-bond donors (Lipinski definition) is 0. The quantitative estimate of drug-likeness (QED) is 0.0394. The highest BCUT2D eigenvalue weighted by molar-refractivity contribution is 6.09. The van der Waals surface area contributed by atoms with E-state index in [1.54, 1.807) is 0 Å². The number of pyridine rings is 2. The third kappa shape index (κ3) is 15.4. The van der Waals surface area contributed by atoms with E-state index in [0.717, 1.165) is 13.1 Å². The first kappa shape index (κ1) is 47.4. The lowest BCUT2D eigenvalue weighted by Gasteiger charge is -2.03. The normalized spacial score (nSPS) is 11.6. The largest absolute Gasteiger partial charge is 1.00 e. The zero-order valence-corrected chi connectivity index (χ0v) is 38.2. The third-order valence-electron chi connectivity index (χ3n) is 11.4. The van der Waals surface area contributed by atoms with Gasteiger partial charge in [-0.25, -0.2) is 0 Å². The number of aromatic nitrogens is 3. The van der Waals surface area contributed by atoms with Gasteiger partial charge >= 0.3 is 0 Å². The fourth-order valence-electron chi connectivity index (χ4n) is 8.04. The van der Waals surface area contributed by atoms with Gasteiger partial charge in [-0.1, -0.05) is 141 Å². The van der Waals surface area contributed by atoms with Gasteiger partial charge in [0.15, 0.2) is 12.4 Å². The van der Waals surface area contributed by atoms with Gasteiger partial charge in [-0.3, -0.25) is 0 Å². The summed E-state index contributed by atoms with van der Waals surface area (Å²) in [6, 6.07) is 27.0. The second-order valence-electron chi connectivity index (χ2n) is 15.8. The summed E-state index contributed by atoms with van der Waals surface area (Å²) in [5.74, 6) is 0. The molecule has 0 spiro atoms. The first-order chi connectivity index (χ1) is 26.7. The van der Waals surface area contributed by atoms with Gasteiger partial charge in [0.25, 0.3) is 0 Å². The van der Waals surface area contributed by atoms with E-state index < -0.39 is 0 Å². The number of unbranched alkanes of at least 4 members (excludes halogenated alkanes) is 18. The summed E-state index contributed by atoms with van der Waals surface area (Å²) >= 11 is 0. The van der Waals surface area contributed by atoms with Gasteiger partial charge < -0.3 is 38.5 Å². The van der Waals surface area contributed by atoms with Crippen molar-refractivity contribution in [1.29, 1.82) is 0 Å². The van der Waals surface area contributed by atoms with Crippen molar-refractivity contribution < 1.29 is 43.1 Å². The van der Waals surface area contributed by atoms with Crippen molar-refractivity contribution in [3.05, 3.63) is 108 Å². The number of halogens is 2. The predicted octanol–water partition coefficient (Wildman–Crippen LogP) is 8.10. The third-order valence-corrected chi connectivity index (χ3v) is 11.4. The van der Waals surface area contributed by atoms with Crippen molar-refractivity contribution in [2.75, 3.05) is 0 Å². The molecular weight excluding hydrogens is 814 g/mol. The van der Waals surface area contributed by atoms with Crippen molar-refractivity contribution in [3.63, 3.8) is 0 Å². The van der Waals surface area contributed by atoms with E-state index in [-0.39, 0.29) is 34.0 Å². The molecule has 0 N–H and O–H groups in total. The average Bonchev–Trinajstić information content (AvgIpc) is 3.48. The molecule has 5 heteroatoms. The Hall–Kier alpha value is -3.02. The summed E-state index contributed by atoms with van der Waals surface area (Å²) in [6.07, 6.45) is 41.0. The van der Waals surface area contributed by atoms with E-state index in [1.807, 2.05) is 0 Å². The van der Waals surface area contributed by atoms with Gasteiger partial charge in [0.1, 0.15) is 13.1 Å². The van der Waals surface area contributed by atoms with Crippen LogP contribution in [0.1, 0.15) is 165 Å². The highest BCUT2D eigenvalue weighted by Gasteiger charge is 2.11. The Morgan fingerprint density at radius 1 is 0.429 bits per heavy atom. The molecule has 0 aliphatic rings. The molecule has 0 saturated heterocycles. The van der Waals surface area contributed by atoms with Gasteiger partial charge in [0.2, 0.25) is 11.4 Å². The molecule has 0 aliphatic heterocycles. The molecular formula is C51H71Br2N3. The van der Waals surface area contributed by atoms with Crippen LogP contribution in [0.3, 0.4) is 0 Å². The Labute approximate surface area is 361 Å². The molecule has 56 heavy (non-hydrogen) atoms. The molecule has 304 valence electrons. The molecule has 3 aromatic heterocycles. The SMILES string of the molecule is CCCCCCCCCCCC[n+]1ccccc1/C=C/c1ccc2c3ccc(/C=C/c4cccc[n+]4CCCCCCCCCCCC)cc3n(C)c2c1.[Br-].[Br-]. The van der Waals surface area contributed by atoms with Crippen LogP contribution in [0, 0.1) is 0 Å². The average molecular weight is 886 g/mol. The van der Waals surface area contributed by atoms with Gasteiger partial charge in [-0.15, -0.1) is 0 Å². The van der Waals surface area contributed by atoms with Crippen LogP contribution in [-0.4, -0.2) is 4.57 Å². The minimum atomic E-state index is 0. The highest BCUT2D eigenvalue weighted by Crippen LogP contribution is 2.30. The Kier molecular flexibility index (Phi) is 23.3. The maximum Gasteiger partial charge on any atom is 0.205 e. The molecule has 0 saturated carbocycles. The molecule has 0 amide bonds. The molecule has 0 atom stereocenters. The Morgan fingerprint density at radius 3 is 1.16 bits per heavy atom. The number of rotatable bonds is 26. The Morgan fingerprint density at radius 2 is 0.786 bits per heavy atom. The molecule has 0 fully saturated rings. The first-order valence-corrected chi connectivity index (χ1v) is 22.0. The zero-order chi connectivity index (χ0) is 37.6. The maximum atomic E-state index is 2.42. The maximum absolute atomic E-state index is 2.42. The number of hydrogen-bond acceptors (Lipinski definition) is 0. The van der Waals surface area contributed by atoms with Crippen LogP contribution < -0.4 is 43.1 Å². The minimum absolute atomic E-state index is 0. The number of fused-ring (bicyclic) bond motifs is 3. The van der Waals surface area contributed by atoms with Crippen molar-refractivity contribution in [3.8, 4) is 0 Å². The minimum Gasteiger partial charge on any atom is -1.00 e. The van der Waals surface area contributed by atoms with Gasteiger partial charge in [-0.2, -0.15) is 9.13 Å². The molecule has 0 radical (unpaired) electrons. The molecule has 5 aromatic rings. The summed E-state index contributed by atoms with van der Waals surface area (Å²) < 4.78 is 7.20. The van der Waals surface area contributed by atoms with Gasteiger partial charge in [0.05, 0.1) is 0 Å². The smallest absolute Gasteiger partial charge is 0.205 e. The van der Waals surface area contributed by atoms with Crippen LogP contribution in [-0.2, 0) is 20.1 Å². The van der Waals surface area contributed by atoms with Crippen molar-refractivity contribution >= 4 is 46.1 Å². The van der Waals surface area contributed by atoms with Crippen LogP contribution in [0.2, 0.25) is 0 Å². The van der Waals surface area contributed by atoms with E-state index in [9.17, 15) is 0 Å². The Balaban J connectivity index is 0.00000420. The van der Waals surface area contributed by atoms with Crippen molar-refractivity contribution in [2.45, 2.75) is 155 Å². The lowest BCUT2D eigenvalue weighted by atomic mass is 10.1.